The van der Waals surface area contributed by atoms with Crippen molar-refractivity contribution in [1.82, 2.24) is 4.90 Å². The first-order chi connectivity index (χ1) is 12.3. The van der Waals surface area contributed by atoms with Gasteiger partial charge in [-0.3, -0.25) is 9.59 Å². The number of hydrogen-bond acceptors (Lipinski definition) is 3. The van der Waals surface area contributed by atoms with Crippen molar-refractivity contribution in [2.75, 3.05) is 32.6 Å². The summed E-state index contributed by atoms with van der Waals surface area (Å²) >= 11 is 0. The van der Waals surface area contributed by atoms with Gasteiger partial charge >= 0.3 is 0 Å². The molecule has 1 unspecified atom stereocenters. The van der Waals surface area contributed by atoms with E-state index >= 15 is 0 Å². The van der Waals surface area contributed by atoms with Crippen LogP contribution in [0.4, 0.5) is 5.69 Å². The van der Waals surface area contributed by atoms with Crippen LogP contribution in [0.15, 0.2) is 24.3 Å². The zero-order valence-electron chi connectivity index (χ0n) is 17.0. The van der Waals surface area contributed by atoms with Gasteiger partial charge in [-0.25, -0.2) is 0 Å². The number of anilines is 1. The Morgan fingerprint density at radius 2 is 1.77 bits per heavy atom. The van der Waals surface area contributed by atoms with E-state index in [4.69, 9.17) is 4.74 Å². The molecule has 3 atom stereocenters. The molecular weight excluding hydrogens is 330 g/mol. The van der Waals surface area contributed by atoms with Gasteiger partial charge in [0, 0.05) is 23.8 Å². The van der Waals surface area contributed by atoms with Gasteiger partial charge < -0.3 is 19.9 Å². The third-order valence-electron chi connectivity index (χ3n) is 4.69. The number of carbonyl (C=O) groups is 2. The van der Waals surface area contributed by atoms with E-state index in [9.17, 15) is 9.59 Å². The lowest BCUT2D eigenvalue weighted by atomic mass is 10.1. The number of nitrogens with zero attached hydrogens (tertiary/aromatic N) is 1. The summed E-state index contributed by atoms with van der Waals surface area (Å²) in [6.45, 7) is 8.87. The molecule has 0 heterocycles. The Morgan fingerprint density at radius 3 is 2.31 bits per heavy atom. The van der Waals surface area contributed by atoms with E-state index in [1.807, 2.05) is 30.1 Å². The third kappa shape index (κ3) is 6.67. The average molecular weight is 365 g/mol. The van der Waals surface area contributed by atoms with Crippen molar-refractivity contribution >= 4 is 17.5 Å². The largest absolute Gasteiger partial charge is 0.497 e. The van der Waals surface area contributed by atoms with E-state index in [1.54, 1.807) is 13.2 Å². The van der Waals surface area contributed by atoms with Crippen LogP contribution < -0.4 is 15.0 Å². The van der Waals surface area contributed by atoms with Gasteiger partial charge in [-0.1, -0.05) is 19.9 Å². The molecule has 146 valence electrons. The average Bonchev–Trinajstić information content (AvgIpc) is 2.61. The number of quaternary nitrogens is 1. The molecule has 0 aromatic heterocycles. The molecule has 1 rings (SSSR count). The summed E-state index contributed by atoms with van der Waals surface area (Å²) in [5, 5.41) is 2.85. The van der Waals surface area contributed by atoms with Gasteiger partial charge in [0.05, 0.1) is 14.2 Å². The molecule has 1 aromatic carbocycles. The van der Waals surface area contributed by atoms with Crippen LogP contribution in [0.2, 0.25) is 0 Å². The van der Waals surface area contributed by atoms with Crippen molar-refractivity contribution in [1.29, 1.82) is 0 Å². The Morgan fingerprint density at radius 1 is 1.15 bits per heavy atom. The van der Waals surface area contributed by atoms with Crippen LogP contribution >= 0.6 is 0 Å². The molecule has 0 aliphatic rings. The summed E-state index contributed by atoms with van der Waals surface area (Å²) < 4.78 is 5.16. The Labute approximate surface area is 157 Å². The Bertz CT molecular complexity index is 581. The maximum Gasteiger partial charge on any atom is 0.279 e. The van der Waals surface area contributed by atoms with Crippen LogP contribution in [-0.4, -0.2) is 56.0 Å². The van der Waals surface area contributed by atoms with E-state index in [1.165, 1.54) is 0 Å². The van der Waals surface area contributed by atoms with Gasteiger partial charge in [0.25, 0.3) is 11.8 Å². The minimum Gasteiger partial charge on any atom is -0.497 e. The van der Waals surface area contributed by atoms with E-state index in [0.717, 1.165) is 17.7 Å². The van der Waals surface area contributed by atoms with Crippen LogP contribution in [0, 0.1) is 0 Å². The minimum atomic E-state index is -0.123. The van der Waals surface area contributed by atoms with Gasteiger partial charge in [0.15, 0.2) is 13.1 Å². The monoisotopic (exact) mass is 364 g/mol. The molecule has 6 nitrogen and oxygen atoms in total. The molecule has 0 aliphatic carbocycles. The maximum absolute atomic E-state index is 12.7. The Kier molecular flexibility index (Phi) is 9.13. The zero-order valence-corrected chi connectivity index (χ0v) is 17.0. The van der Waals surface area contributed by atoms with Crippen LogP contribution in [-0.2, 0) is 9.59 Å². The minimum absolute atomic E-state index is 0.0976. The second kappa shape index (κ2) is 10.8. The summed E-state index contributed by atoms with van der Waals surface area (Å²) in [5.41, 5.74) is 0.689. The number of likely N-dealkylation sites (N-methyl/N-ethyl adjacent to an activating group) is 1. The predicted octanol–water partition coefficient (Wildman–Crippen LogP) is 1.57. The Hall–Kier alpha value is -2.08. The first-order valence-electron chi connectivity index (χ1n) is 9.38. The quantitative estimate of drug-likeness (QED) is 0.662. The van der Waals surface area contributed by atoms with Crippen molar-refractivity contribution < 1.29 is 19.2 Å². The normalized spacial score (nSPS) is 14.2. The fraction of sp³-hybridized carbons (Fsp3) is 0.600. The lowest BCUT2D eigenvalue weighted by Crippen LogP contribution is -3.11. The van der Waals surface area contributed by atoms with Crippen molar-refractivity contribution in [3.05, 3.63) is 24.3 Å². The molecule has 0 saturated heterocycles. The fourth-order valence-electron chi connectivity index (χ4n) is 2.91. The number of ether oxygens (including phenoxy) is 1. The summed E-state index contributed by atoms with van der Waals surface area (Å²) in [4.78, 5) is 27.8. The maximum atomic E-state index is 12.7. The zero-order chi connectivity index (χ0) is 19.7. The molecule has 0 saturated carbocycles. The number of benzene rings is 1. The lowest BCUT2D eigenvalue weighted by molar-refractivity contribution is -0.862. The number of carbonyl (C=O) groups excluding carboxylic acids is 2. The van der Waals surface area contributed by atoms with E-state index in [0.29, 0.717) is 18.0 Å². The van der Waals surface area contributed by atoms with Crippen molar-refractivity contribution in [3.63, 3.8) is 0 Å². The van der Waals surface area contributed by atoms with Crippen LogP contribution in [0.25, 0.3) is 0 Å². The molecule has 0 aliphatic heterocycles. The Balaban J connectivity index is 2.61. The summed E-state index contributed by atoms with van der Waals surface area (Å²) in [7, 11) is 3.46. The summed E-state index contributed by atoms with van der Waals surface area (Å²) in [5.74, 6) is 0.666. The van der Waals surface area contributed by atoms with E-state index in [-0.39, 0.29) is 30.4 Å². The van der Waals surface area contributed by atoms with Crippen molar-refractivity contribution in [3.8, 4) is 5.75 Å². The number of amides is 2. The van der Waals surface area contributed by atoms with Crippen LogP contribution in [0.5, 0.6) is 5.75 Å². The standard InChI is InChI=1S/C20H33N3O3/c1-7-15(3)23(16(4)8-2)20(25)14-22(5)13-19(24)21-17-10-9-11-18(12-17)26-6/h9-12,15-16H,7-8,13-14H2,1-6H3,(H,21,24)/p+1/t15-,16+. The summed E-state index contributed by atoms with van der Waals surface area (Å²) in [6, 6.07) is 7.64. The predicted molar refractivity (Wildman–Crippen MR) is 105 cm³/mol. The first kappa shape index (κ1) is 22.0. The number of rotatable bonds is 10. The lowest BCUT2D eigenvalue weighted by Gasteiger charge is -2.34. The van der Waals surface area contributed by atoms with Crippen LogP contribution in [0.3, 0.4) is 0 Å². The molecular formula is C20H34N3O3+. The van der Waals surface area contributed by atoms with E-state index in [2.05, 4.69) is 33.0 Å². The molecule has 2 N–H and O–H groups in total. The highest BCUT2D eigenvalue weighted by molar-refractivity contribution is 5.91. The van der Waals surface area contributed by atoms with Crippen molar-refractivity contribution in [2.24, 2.45) is 0 Å². The van der Waals surface area contributed by atoms with Gasteiger partial charge in [0.1, 0.15) is 5.75 Å². The molecule has 0 radical (unpaired) electrons. The number of hydrogen-bond donors (Lipinski definition) is 2. The second-order valence-electron chi connectivity index (χ2n) is 6.91. The van der Waals surface area contributed by atoms with Gasteiger partial charge in [-0.2, -0.15) is 0 Å². The topological polar surface area (TPSA) is 63.1 Å². The fourth-order valence-corrected chi connectivity index (χ4v) is 2.91. The van der Waals surface area contributed by atoms with Gasteiger partial charge in [0.2, 0.25) is 0 Å². The molecule has 1 aromatic rings. The SMILES string of the molecule is CC[C@@H](C)N(C(=O)C[NH+](C)CC(=O)Nc1cccc(OC)c1)[C@@H](C)CC. The molecule has 6 heteroatoms. The smallest absolute Gasteiger partial charge is 0.279 e. The number of nitrogens with one attached hydrogen (secondary N) is 2. The first-order valence-corrected chi connectivity index (χ1v) is 9.38. The number of methoxy groups -OCH3 is 1. The highest BCUT2D eigenvalue weighted by atomic mass is 16.5. The molecule has 2 amide bonds. The van der Waals surface area contributed by atoms with E-state index < -0.39 is 0 Å². The van der Waals surface area contributed by atoms with Crippen LogP contribution in [0.1, 0.15) is 40.5 Å². The highest BCUT2D eigenvalue weighted by Crippen LogP contribution is 2.16. The summed E-state index contributed by atoms with van der Waals surface area (Å²) in [6.07, 6.45) is 1.84. The van der Waals surface area contributed by atoms with Crippen molar-refractivity contribution in [2.45, 2.75) is 52.6 Å². The molecule has 0 bridgehead atoms. The van der Waals surface area contributed by atoms with Gasteiger partial charge in [-0.15, -0.1) is 0 Å². The third-order valence-corrected chi connectivity index (χ3v) is 4.69. The second-order valence-corrected chi connectivity index (χ2v) is 6.91. The molecule has 0 fully saturated rings. The molecule has 0 spiro atoms. The molecule has 26 heavy (non-hydrogen) atoms. The highest BCUT2D eigenvalue weighted by Gasteiger charge is 2.26. The van der Waals surface area contributed by atoms with Gasteiger partial charge in [-0.05, 0) is 38.8 Å².